The molecule has 164 valence electrons. The Morgan fingerprint density at radius 2 is 1.81 bits per heavy atom. The number of nitrogens with zero attached hydrogens (tertiary/aromatic N) is 1. The number of hydrogen-bond donors (Lipinski definition) is 2. The van der Waals surface area contributed by atoms with Crippen molar-refractivity contribution in [3.05, 3.63) is 53.1 Å². The van der Waals surface area contributed by atoms with E-state index in [4.69, 9.17) is 14.2 Å². The van der Waals surface area contributed by atoms with E-state index in [9.17, 15) is 9.59 Å². The first-order chi connectivity index (χ1) is 15.0. The smallest absolute Gasteiger partial charge is 0.313 e. The molecule has 2 aromatic carbocycles. The fourth-order valence-electron chi connectivity index (χ4n) is 3.80. The Kier molecular flexibility index (Phi) is 6.39. The number of amides is 2. The van der Waals surface area contributed by atoms with Gasteiger partial charge in [0.05, 0.1) is 19.3 Å². The Bertz CT molecular complexity index is 972. The predicted octanol–water partition coefficient (Wildman–Crippen LogP) is 2.16. The summed E-state index contributed by atoms with van der Waals surface area (Å²) in [5.74, 6) is 0.0520. The van der Waals surface area contributed by atoms with Gasteiger partial charge in [0.1, 0.15) is 0 Å². The molecule has 8 heteroatoms. The van der Waals surface area contributed by atoms with Crippen molar-refractivity contribution in [1.29, 1.82) is 0 Å². The van der Waals surface area contributed by atoms with E-state index < -0.39 is 11.8 Å². The molecule has 2 N–H and O–H groups in total. The summed E-state index contributed by atoms with van der Waals surface area (Å²) in [5, 5.41) is 5.50. The van der Waals surface area contributed by atoms with Gasteiger partial charge in [0.2, 0.25) is 6.79 Å². The molecule has 2 amide bonds. The Labute approximate surface area is 181 Å². The zero-order valence-electron chi connectivity index (χ0n) is 17.8. The number of morpholine rings is 1. The molecule has 0 saturated carbocycles. The second-order valence-electron chi connectivity index (χ2n) is 7.69. The van der Waals surface area contributed by atoms with Crippen LogP contribution in [-0.4, -0.2) is 56.4 Å². The van der Waals surface area contributed by atoms with E-state index in [1.54, 1.807) is 6.07 Å². The number of hydrogen-bond acceptors (Lipinski definition) is 6. The van der Waals surface area contributed by atoms with Crippen molar-refractivity contribution in [2.45, 2.75) is 19.9 Å². The van der Waals surface area contributed by atoms with Crippen LogP contribution in [0.3, 0.4) is 0 Å². The van der Waals surface area contributed by atoms with Crippen LogP contribution >= 0.6 is 0 Å². The van der Waals surface area contributed by atoms with Crippen LogP contribution in [0.1, 0.15) is 22.7 Å². The van der Waals surface area contributed by atoms with Gasteiger partial charge in [0.15, 0.2) is 11.5 Å². The first kappa shape index (κ1) is 21.1. The molecule has 0 unspecified atom stereocenters. The molecule has 0 spiro atoms. The van der Waals surface area contributed by atoms with Crippen LogP contribution in [0, 0.1) is 13.8 Å². The summed E-state index contributed by atoms with van der Waals surface area (Å²) in [5.41, 5.74) is 3.62. The summed E-state index contributed by atoms with van der Waals surface area (Å²) in [7, 11) is 0. The van der Waals surface area contributed by atoms with E-state index in [0.29, 0.717) is 36.9 Å². The fourth-order valence-corrected chi connectivity index (χ4v) is 3.80. The van der Waals surface area contributed by atoms with Gasteiger partial charge in [-0.1, -0.05) is 18.2 Å². The number of anilines is 1. The van der Waals surface area contributed by atoms with E-state index in [1.165, 1.54) is 0 Å². The van der Waals surface area contributed by atoms with Crippen LogP contribution in [-0.2, 0) is 14.3 Å². The van der Waals surface area contributed by atoms with Crippen molar-refractivity contribution in [1.82, 2.24) is 10.2 Å². The van der Waals surface area contributed by atoms with Gasteiger partial charge in [-0.2, -0.15) is 0 Å². The zero-order chi connectivity index (χ0) is 21.8. The van der Waals surface area contributed by atoms with Crippen LogP contribution in [0.4, 0.5) is 5.69 Å². The highest BCUT2D eigenvalue weighted by Crippen LogP contribution is 2.35. The third kappa shape index (κ3) is 4.81. The van der Waals surface area contributed by atoms with Crippen molar-refractivity contribution in [3.63, 3.8) is 0 Å². The van der Waals surface area contributed by atoms with E-state index >= 15 is 0 Å². The highest BCUT2D eigenvalue weighted by atomic mass is 16.7. The minimum absolute atomic E-state index is 0.115. The van der Waals surface area contributed by atoms with E-state index in [2.05, 4.69) is 15.5 Å². The zero-order valence-corrected chi connectivity index (χ0v) is 17.8. The highest BCUT2D eigenvalue weighted by molar-refractivity contribution is 6.39. The van der Waals surface area contributed by atoms with Crippen LogP contribution in [0.25, 0.3) is 0 Å². The Morgan fingerprint density at radius 1 is 1.03 bits per heavy atom. The molecule has 2 aliphatic rings. The number of nitrogens with one attached hydrogen (secondary N) is 2. The fraction of sp³-hybridized carbons (Fsp3) is 0.391. The number of carbonyl (C=O) groups is 2. The normalized spacial score (nSPS) is 16.6. The summed E-state index contributed by atoms with van der Waals surface area (Å²) >= 11 is 0. The number of fused-ring (bicyclic) bond motifs is 1. The molecular formula is C23H27N3O5. The Morgan fingerprint density at radius 3 is 2.61 bits per heavy atom. The lowest BCUT2D eigenvalue weighted by Gasteiger charge is -2.35. The maximum atomic E-state index is 12.5. The van der Waals surface area contributed by atoms with E-state index in [0.717, 1.165) is 29.8 Å². The molecule has 8 nitrogen and oxygen atoms in total. The monoisotopic (exact) mass is 425 g/mol. The molecule has 2 aromatic rings. The van der Waals surface area contributed by atoms with Crippen molar-refractivity contribution >= 4 is 17.5 Å². The lowest BCUT2D eigenvalue weighted by Crippen LogP contribution is -2.45. The van der Waals surface area contributed by atoms with Gasteiger partial charge in [0.25, 0.3) is 0 Å². The minimum atomic E-state index is -0.680. The molecule has 0 bridgehead atoms. The number of rotatable bonds is 5. The maximum absolute atomic E-state index is 12.5. The first-order valence-electron chi connectivity index (χ1n) is 10.4. The second kappa shape index (κ2) is 9.36. The molecule has 0 radical (unpaired) electrons. The summed E-state index contributed by atoms with van der Waals surface area (Å²) in [6.45, 7) is 7.10. The molecule has 1 fully saturated rings. The standard InChI is InChI=1S/C23H27N3O5/c1-15-4-3-5-18(16(15)2)25-23(28)22(27)24-13-19(26-8-10-29-11-9-26)17-6-7-20-21(12-17)31-14-30-20/h3-7,12,19H,8-11,13-14H2,1-2H3,(H,24,27)(H,25,28)/t19-/m1/s1. The van der Waals surface area contributed by atoms with Crippen LogP contribution in [0.5, 0.6) is 11.5 Å². The molecule has 31 heavy (non-hydrogen) atoms. The number of ether oxygens (including phenoxy) is 3. The quantitative estimate of drug-likeness (QED) is 0.714. The highest BCUT2D eigenvalue weighted by Gasteiger charge is 2.26. The Balaban J connectivity index is 1.45. The van der Waals surface area contributed by atoms with Crippen molar-refractivity contribution < 1.29 is 23.8 Å². The summed E-state index contributed by atoms with van der Waals surface area (Å²) in [6, 6.07) is 11.3. The summed E-state index contributed by atoms with van der Waals surface area (Å²) < 4.78 is 16.4. The summed E-state index contributed by atoms with van der Waals surface area (Å²) in [4.78, 5) is 27.2. The topological polar surface area (TPSA) is 89.1 Å². The van der Waals surface area contributed by atoms with Gasteiger partial charge in [-0.25, -0.2) is 0 Å². The second-order valence-corrected chi connectivity index (χ2v) is 7.69. The van der Waals surface area contributed by atoms with Crippen molar-refractivity contribution in [2.24, 2.45) is 0 Å². The number of benzene rings is 2. The molecule has 2 heterocycles. The average molecular weight is 425 g/mol. The molecule has 4 rings (SSSR count). The SMILES string of the molecule is Cc1cccc(NC(=O)C(=O)NC[C@H](c2ccc3c(c2)OCO3)N2CCOCC2)c1C. The van der Waals surface area contributed by atoms with Gasteiger partial charge in [-0.3, -0.25) is 14.5 Å². The van der Waals surface area contributed by atoms with Gasteiger partial charge in [-0.15, -0.1) is 0 Å². The number of carbonyl (C=O) groups excluding carboxylic acids is 2. The average Bonchev–Trinajstić information content (AvgIpc) is 3.25. The van der Waals surface area contributed by atoms with E-state index in [-0.39, 0.29) is 12.8 Å². The van der Waals surface area contributed by atoms with Crippen molar-refractivity contribution in [3.8, 4) is 11.5 Å². The molecular weight excluding hydrogens is 398 g/mol. The molecule has 2 aliphatic heterocycles. The van der Waals surface area contributed by atoms with E-state index in [1.807, 2.05) is 44.2 Å². The third-order valence-corrected chi connectivity index (χ3v) is 5.78. The van der Waals surface area contributed by atoms with Gasteiger partial charge >= 0.3 is 11.8 Å². The molecule has 1 saturated heterocycles. The van der Waals surface area contributed by atoms with Crippen LogP contribution < -0.4 is 20.1 Å². The predicted molar refractivity (Wildman–Crippen MR) is 115 cm³/mol. The van der Waals surface area contributed by atoms with Gasteiger partial charge in [-0.05, 0) is 48.7 Å². The first-order valence-corrected chi connectivity index (χ1v) is 10.4. The minimum Gasteiger partial charge on any atom is -0.454 e. The lowest BCUT2D eigenvalue weighted by atomic mass is 10.0. The molecule has 1 atom stereocenters. The van der Waals surface area contributed by atoms with Crippen LogP contribution in [0.15, 0.2) is 36.4 Å². The van der Waals surface area contributed by atoms with Gasteiger partial charge < -0.3 is 24.8 Å². The molecule has 0 aliphatic carbocycles. The third-order valence-electron chi connectivity index (χ3n) is 5.78. The van der Waals surface area contributed by atoms with Crippen LogP contribution in [0.2, 0.25) is 0 Å². The van der Waals surface area contributed by atoms with Crippen molar-refractivity contribution in [2.75, 3.05) is 45.0 Å². The largest absolute Gasteiger partial charge is 0.454 e. The maximum Gasteiger partial charge on any atom is 0.313 e. The number of aryl methyl sites for hydroxylation is 1. The summed E-state index contributed by atoms with van der Waals surface area (Å²) in [6.07, 6.45) is 0. The van der Waals surface area contributed by atoms with Gasteiger partial charge in [0, 0.05) is 25.3 Å². The lowest BCUT2D eigenvalue weighted by molar-refractivity contribution is -0.136. The Hall–Kier alpha value is -3.10. The molecule has 0 aromatic heterocycles.